The van der Waals surface area contributed by atoms with Crippen LogP contribution in [0.15, 0.2) is 0 Å². The van der Waals surface area contributed by atoms with Crippen LogP contribution in [0.25, 0.3) is 0 Å². The second kappa shape index (κ2) is 9.62. The number of hydrogen-bond acceptors (Lipinski definition) is 6. The Bertz CT molecular complexity index is 645. The van der Waals surface area contributed by atoms with Gasteiger partial charge in [0.1, 0.15) is 6.04 Å². The third-order valence-corrected chi connectivity index (χ3v) is 6.65. The molecule has 4 rings (SSSR count). The highest BCUT2D eigenvalue weighted by atomic mass is 16.5. The first-order valence-corrected chi connectivity index (χ1v) is 11.5. The van der Waals surface area contributed by atoms with Crippen molar-refractivity contribution in [3.8, 4) is 0 Å². The summed E-state index contributed by atoms with van der Waals surface area (Å²) in [6.45, 7) is 5.88. The number of rotatable bonds is 9. The molecular weight excluding hydrogens is 386 g/mol. The number of likely N-dealkylation sites (tertiary alicyclic amines) is 1. The summed E-state index contributed by atoms with van der Waals surface area (Å²) in [5.41, 5.74) is 5.53. The molecule has 2 saturated carbocycles. The Kier molecular flexibility index (Phi) is 6.90. The highest BCUT2D eigenvalue weighted by Crippen LogP contribution is 2.36. The van der Waals surface area contributed by atoms with E-state index in [1.165, 1.54) is 0 Å². The summed E-state index contributed by atoms with van der Waals surface area (Å²) in [6, 6.07) is -0.608. The van der Waals surface area contributed by atoms with E-state index < -0.39 is 6.04 Å². The van der Waals surface area contributed by atoms with Gasteiger partial charge in [-0.15, -0.1) is 0 Å². The van der Waals surface area contributed by atoms with E-state index in [2.05, 4.69) is 10.2 Å². The van der Waals surface area contributed by atoms with E-state index in [1.54, 1.807) is 4.90 Å². The van der Waals surface area contributed by atoms with Crippen LogP contribution in [0.3, 0.4) is 0 Å². The molecule has 4 aliphatic rings. The number of amides is 3. The molecule has 30 heavy (non-hydrogen) atoms. The molecule has 2 aliphatic heterocycles. The van der Waals surface area contributed by atoms with Gasteiger partial charge in [-0.3, -0.25) is 19.3 Å². The first kappa shape index (κ1) is 21.5. The summed E-state index contributed by atoms with van der Waals surface area (Å²) in [5, 5.41) is 2.84. The maximum absolute atomic E-state index is 13.1. The van der Waals surface area contributed by atoms with Crippen LogP contribution in [0, 0.1) is 11.8 Å². The lowest BCUT2D eigenvalue weighted by atomic mass is 10.1. The SMILES string of the molecule is NCCNC(=O)C1CC(N(CCN2CCOCC2)C(=O)C2CC2)CN1C(=O)C1CC1. The average molecular weight is 422 g/mol. The minimum Gasteiger partial charge on any atom is -0.379 e. The van der Waals surface area contributed by atoms with Crippen LogP contribution in [-0.4, -0.2) is 104 Å². The van der Waals surface area contributed by atoms with E-state index in [9.17, 15) is 14.4 Å². The number of nitrogens with one attached hydrogen (secondary N) is 1. The normalized spacial score (nSPS) is 27.2. The number of ether oxygens (including phenoxy) is 1. The van der Waals surface area contributed by atoms with Gasteiger partial charge in [-0.1, -0.05) is 0 Å². The molecule has 2 atom stereocenters. The Labute approximate surface area is 178 Å². The minimum absolute atomic E-state index is 0.0505. The maximum atomic E-state index is 13.1. The topological polar surface area (TPSA) is 108 Å². The molecule has 3 amide bonds. The lowest BCUT2D eigenvalue weighted by Crippen LogP contribution is -2.48. The smallest absolute Gasteiger partial charge is 0.242 e. The molecule has 168 valence electrons. The molecule has 2 heterocycles. The van der Waals surface area contributed by atoms with Crippen LogP contribution in [0.5, 0.6) is 0 Å². The van der Waals surface area contributed by atoms with Crippen molar-refractivity contribution in [2.24, 2.45) is 17.6 Å². The average Bonchev–Trinajstić information content (AvgIpc) is 3.69. The highest BCUT2D eigenvalue weighted by Gasteiger charge is 2.47. The number of carbonyl (C=O) groups is 3. The molecule has 4 fully saturated rings. The number of nitrogens with zero attached hydrogens (tertiary/aromatic N) is 3. The summed E-state index contributed by atoms with van der Waals surface area (Å²) in [5.74, 6) is 0.276. The van der Waals surface area contributed by atoms with Crippen LogP contribution < -0.4 is 11.1 Å². The lowest BCUT2D eigenvalue weighted by molar-refractivity contribution is -0.139. The molecule has 0 bridgehead atoms. The van der Waals surface area contributed by atoms with Gasteiger partial charge in [0.05, 0.1) is 19.3 Å². The fourth-order valence-electron chi connectivity index (χ4n) is 4.52. The van der Waals surface area contributed by atoms with Gasteiger partial charge in [-0.2, -0.15) is 0 Å². The van der Waals surface area contributed by atoms with Crippen LogP contribution in [0.2, 0.25) is 0 Å². The molecule has 9 heteroatoms. The Balaban J connectivity index is 1.45. The van der Waals surface area contributed by atoms with Gasteiger partial charge in [0, 0.05) is 57.6 Å². The summed E-state index contributed by atoms with van der Waals surface area (Å²) in [7, 11) is 0. The molecule has 2 aliphatic carbocycles. The molecule has 2 saturated heterocycles. The van der Waals surface area contributed by atoms with Crippen molar-refractivity contribution in [3.63, 3.8) is 0 Å². The van der Waals surface area contributed by atoms with Gasteiger partial charge in [0.15, 0.2) is 0 Å². The van der Waals surface area contributed by atoms with E-state index in [-0.39, 0.29) is 35.6 Å². The largest absolute Gasteiger partial charge is 0.379 e. The van der Waals surface area contributed by atoms with Gasteiger partial charge in [-0.05, 0) is 32.1 Å². The second-order valence-corrected chi connectivity index (χ2v) is 9.01. The first-order chi connectivity index (χ1) is 14.6. The van der Waals surface area contributed by atoms with Crippen LogP contribution in [0.1, 0.15) is 32.1 Å². The van der Waals surface area contributed by atoms with Crippen LogP contribution in [0.4, 0.5) is 0 Å². The molecule has 0 aromatic heterocycles. The molecule has 2 unspecified atom stereocenters. The number of hydrogen-bond donors (Lipinski definition) is 2. The molecular formula is C21H35N5O4. The van der Waals surface area contributed by atoms with Crippen molar-refractivity contribution < 1.29 is 19.1 Å². The Morgan fingerprint density at radius 2 is 1.77 bits per heavy atom. The van der Waals surface area contributed by atoms with E-state index in [0.717, 1.165) is 58.5 Å². The Morgan fingerprint density at radius 1 is 1.07 bits per heavy atom. The zero-order valence-electron chi connectivity index (χ0n) is 17.8. The van der Waals surface area contributed by atoms with Crippen LogP contribution >= 0.6 is 0 Å². The number of morpholine rings is 1. The molecule has 0 aromatic carbocycles. The van der Waals surface area contributed by atoms with Gasteiger partial charge in [0.25, 0.3) is 0 Å². The number of carbonyl (C=O) groups excluding carboxylic acids is 3. The highest BCUT2D eigenvalue weighted by molar-refractivity contribution is 5.90. The molecule has 0 aromatic rings. The summed E-state index contributed by atoms with van der Waals surface area (Å²) >= 11 is 0. The monoisotopic (exact) mass is 421 g/mol. The Morgan fingerprint density at radius 3 is 2.40 bits per heavy atom. The fraction of sp³-hybridized carbons (Fsp3) is 0.857. The van der Waals surface area contributed by atoms with Crippen molar-refractivity contribution >= 4 is 17.7 Å². The molecule has 3 N–H and O–H groups in total. The molecule has 0 spiro atoms. The standard InChI is InChI=1S/C21H35N5O4/c22-5-6-23-19(27)18-13-17(14-26(18)21(29)16-3-4-16)25(20(28)15-1-2-15)8-7-24-9-11-30-12-10-24/h15-18H,1-14,22H2,(H,23,27). The molecule has 0 radical (unpaired) electrons. The first-order valence-electron chi connectivity index (χ1n) is 11.5. The van der Waals surface area contributed by atoms with Crippen molar-refractivity contribution in [2.75, 3.05) is 59.0 Å². The summed E-state index contributed by atoms with van der Waals surface area (Å²) in [6.07, 6.45) is 4.21. The van der Waals surface area contributed by atoms with Gasteiger partial charge in [0.2, 0.25) is 17.7 Å². The Hall–Kier alpha value is -1.71. The maximum Gasteiger partial charge on any atom is 0.242 e. The second-order valence-electron chi connectivity index (χ2n) is 9.01. The predicted octanol–water partition coefficient (Wildman–Crippen LogP) is -0.988. The van der Waals surface area contributed by atoms with E-state index in [0.29, 0.717) is 32.6 Å². The zero-order valence-corrected chi connectivity index (χ0v) is 17.8. The van der Waals surface area contributed by atoms with Gasteiger partial charge >= 0.3 is 0 Å². The number of nitrogens with two attached hydrogens (primary N) is 1. The molecule has 9 nitrogen and oxygen atoms in total. The van der Waals surface area contributed by atoms with E-state index in [4.69, 9.17) is 10.5 Å². The summed E-state index contributed by atoms with van der Waals surface area (Å²) in [4.78, 5) is 44.8. The minimum atomic E-state index is -0.507. The quantitative estimate of drug-likeness (QED) is 0.495. The third-order valence-electron chi connectivity index (χ3n) is 6.65. The van der Waals surface area contributed by atoms with E-state index in [1.807, 2.05) is 4.90 Å². The van der Waals surface area contributed by atoms with Crippen LogP contribution in [-0.2, 0) is 19.1 Å². The summed E-state index contributed by atoms with van der Waals surface area (Å²) < 4.78 is 5.42. The van der Waals surface area contributed by atoms with E-state index >= 15 is 0 Å². The third kappa shape index (κ3) is 5.12. The lowest BCUT2D eigenvalue weighted by Gasteiger charge is -2.33. The fourth-order valence-corrected chi connectivity index (χ4v) is 4.52. The van der Waals surface area contributed by atoms with Gasteiger partial charge in [-0.25, -0.2) is 0 Å². The van der Waals surface area contributed by atoms with Crippen molar-refractivity contribution in [1.29, 1.82) is 0 Å². The van der Waals surface area contributed by atoms with Gasteiger partial charge < -0.3 is 25.6 Å². The van der Waals surface area contributed by atoms with Crippen molar-refractivity contribution in [3.05, 3.63) is 0 Å². The zero-order chi connectivity index (χ0) is 21.1. The van der Waals surface area contributed by atoms with Crippen molar-refractivity contribution in [2.45, 2.75) is 44.2 Å². The van der Waals surface area contributed by atoms with Crippen molar-refractivity contribution in [1.82, 2.24) is 20.0 Å². The predicted molar refractivity (Wildman–Crippen MR) is 110 cm³/mol.